The smallest absolute Gasteiger partial charge is 0.366 e. The average Bonchev–Trinajstić information content (AvgIpc) is 3.61. The van der Waals surface area contributed by atoms with Crippen molar-refractivity contribution in [1.29, 1.82) is 0 Å². The second kappa shape index (κ2) is 12.2. The Morgan fingerprint density at radius 2 is 1.83 bits per heavy atom. The average molecular weight is 648 g/mol. The summed E-state index contributed by atoms with van der Waals surface area (Å²) >= 11 is 0. The second-order valence-corrected chi connectivity index (χ2v) is 12.6. The van der Waals surface area contributed by atoms with Crippen LogP contribution in [0.5, 0.6) is 0 Å². The van der Waals surface area contributed by atoms with Crippen LogP contribution in [0.4, 0.5) is 27.6 Å². The van der Waals surface area contributed by atoms with Gasteiger partial charge in [0, 0.05) is 38.1 Å². The molecule has 2 saturated carbocycles. The van der Waals surface area contributed by atoms with Crippen LogP contribution in [-0.4, -0.2) is 55.9 Å². The summed E-state index contributed by atoms with van der Waals surface area (Å²) in [5.41, 5.74) is 7.97. The van der Waals surface area contributed by atoms with E-state index in [1.165, 1.54) is 27.9 Å². The summed E-state index contributed by atoms with van der Waals surface area (Å²) < 4.78 is 68.0. The zero-order valence-corrected chi connectivity index (χ0v) is 24.9. The van der Waals surface area contributed by atoms with Crippen molar-refractivity contribution >= 4 is 29.1 Å². The molecule has 0 aromatic carbocycles. The minimum atomic E-state index is -4.45. The maximum Gasteiger partial charge on any atom is 0.389 e. The van der Waals surface area contributed by atoms with Crippen molar-refractivity contribution in [2.75, 3.05) is 11.4 Å². The van der Waals surface area contributed by atoms with Gasteiger partial charge in [-0.2, -0.15) is 18.3 Å². The predicted molar refractivity (Wildman–Crippen MR) is 155 cm³/mol. The molecule has 15 heteroatoms. The van der Waals surface area contributed by atoms with Gasteiger partial charge in [-0.15, -0.1) is 0 Å². The monoisotopic (exact) mass is 647 g/mol. The summed E-state index contributed by atoms with van der Waals surface area (Å²) in [6, 6.07) is 2.67. The third-order valence-corrected chi connectivity index (χ3v) is 9.17. The number of pyridine rings is 1. The second-order valence-electron chi connectivity index (χ2n) is 12.6. The molecule has 0 radical (unpaired) electrons. The lowest BCUT2D eigenvalue weighted by atomic mass is 9.75. The number of primary amides is 1. The first kappa shape index (κ1) is 31.8. The van der Waals surface area contributed by atoms with Crippen LogP contribution in [0.25, 0.3) is 5.65 Å². The molecule has 3 fully saturated rings. The normalized spacial score (nSPS) is 20.2. The first-order valence-electron chi connectivity index (χ1n) is 15.5. The Bertz CT molecular complexity index is 1640. The standard InChI is InChI=1S/C31H34F5N7O3/c32-30(33)8-5-17(6-9-30)26(28-21(29(37)46)13-20(15-38-28)42-11-1-2-25(42)45)22-16-43-23(40-22)12-19(14-39-43)27(18-3-4-18)41-24(44)7-10-31(34,35)36/h12-18,26-27H,1-11H2,(H2,37,46)(H,41,44)/t26-,27-/m1/s1. The number of rotatable bonds is 10. The van der Waals surface area contributed by atoms with E-state index in [1.807, 2.05) is 0 Å². The van der Waals surface area contributed by atoms with Crippen LogP contribution in [0.3, 0.4) is 0 Å². The number of carbonyl (C=O) groups is 3. The van der Waals surface area contributed by atoms with Crippen LogP contribution in [0.2, 0.25) is 0 Å². The van der Waals surface area contributed by atoms with Crippen LogP contribution in [0, 0.1) is 11.8 Å². The molecule has 1 saturated heterocycles. The van der Waals surface area contributed by atoms with E-state index in [1.54, 1.807) is 12.3 Å². The number of fused-ring (bicyclic) bond motifs is 1. The highest BCUT2D eigenvalue weighted by Crippen LogP contribution is 2.46. The topological polar surface area (TPSA) is 136 Å². The molecule has 0 spiro atoms. The molecule has 10 nitrogen and oxygen atoms in total. The number of hydrogen-bond donors (Lipinski definition) is 2. The number of aromatic nitrogens is 4. The van der Waals surface area contributed by atoms with E-state index >= 15 is 0 Å². The predicted octanol–water partition coefficient (Wildman–Crippen LogP) is 5.22. The van der Waals surface area contributed by atoms with Gasteiger partial charge in [-0.05, 0) is 61.6 Å². The zero-order chi connectivity index (χ0) is 32.8. The third kappa shape index (κ3) is 6.97. The Balaban J connectivity index is 1.35. The fourth-order valence-corrected chi connectivity index (χ4v) is 6.61. The van der Waals surface area contributed by atoms with Gasteiger partial charge >= 0.3 is 6.18 Å². The van der Waals surface area contributed by atoms with Gasteiger partial charge in [0.25, 0.3) is 5.91 Å². The SMILES string of the molecule is NC(=O)c1cc(N2CCCC2=O)cnc1[C@@H](c1cn2ncc([C@H](NC(=O)CCC(F)(F)F)C3CC3)cc2n1)C1CCC(F)(F)CC1. The molecule has 46 heavy (non-hydrogen) atoms. The first-order chi connectivity index (χ1) is 21.8. The van der Waals surface area contributed by atoms with E-state index in [4.69, 9.17) is 10.7 Å². The van der Waals surface area contributed by atoms with Gasteiger partial charge in [0.2, 0.25) is 17.7 Å². The minimum absolute atomic E-state index is 0.0495. The molecule has 3 N–H and O–H groups in total. The van der Waals surface area contributed by atoms with Gasteiger partial charge in [0.05, 0.1) is 53.7 Å². The van der Waals surface area contributed by atoms with Crippen molar-refractivity contribution in [3.63, 3.8) is 0 Å². The molecule has 3 amide bonds. The van der Waals surface area contributed by atoms with E-state index in [0.29, 0.717) is 42.0 Å². The molecular formula is C31H34F5N7O3. The Morgan fingerprint density at radius 1 is 1.09 bits per heavy atom. The van der Waals surface area contributed by atoms with Crippen LogP contribution in [0.15, 0.2) is 30.7 Å². The number of imidazole rings is 1. The van der Waals surface area contributed by atoms with Gasteiger partial charge in [-0.3, -0.25) is 19.4 Å². The van der Waals surface area contributed by atoms with E-state index in [-0.39, 0.29) is 54.7 Å². The van der Waals surface area contributed by atoms with Crippen molar-refractivity contribution < 1.29 is 36.3 Å². The summed E-state index contributed by atoms with van der Waals surface area (Å²) in [5.74, 6) is -5.41. The van der Waals surface area contributed by atoms with Gasteiger partial charge in [0.15, 0.2) is 5.65 Å². The van der Waals surface area contributed by atoms with Crippen LogP contribution in [-0.2, 0) is 9.59 Å². The van der Waals surface area contributed by atoms with Crippen LogP contribution < -0.4 is 16.0 Å². The largest absolute Gasteiger partial charge is 0.389 e. The van der Waals surface area contributed by atoms with Gasteiger partial charge in [-0.1, -0.05) is 0 Å². The molecule has 4 heterocycles. The summed E-state index contributed by atoms with van der Waals surface area (Å²) in [4.78, 5) is 48.4. The molecule has 6 rings (SSSR count). The molecule has 2 aliphatic carbocycles. The van der Waals surface area contributed by atoms with Crippen LogP contribution >= 0.6 is 0 Å². The molecule has 3 aromatic heterocycles. The number of amides is 3. The van der Waals surface area contributed by atoms with Gasteiger partial charge in [-0.25, -0.2) is 18.3 Å². The molecule has 1 aliphatic heterocycles. The number of alkyl halides is 5. The molecule has 246 valence electrons. The highest BCUT2D eigenvalue weighted by atomic mass is 19.4. The van der Waals surface area contributed by atoms with Gasteiger partial charge < -0.3 is 16.0 Å². The number of anilines is 1. The lowest BCUT2D eigenvalue weighted by molar-refractivity contribution is -0.144. The fraction of sp³-hybridized carbons (Fsp3) is 0.548. The summed E-state index contributed by atoms with van der Waals surface area (Å²) in [6.07, 6.45) is 0.541. The summed E-state index contributed by atoms with van der Waals surface area (Å²) in [7, 11) is 0. The van der Waals surface area contributed by atoms with E-state index in [2.05, 4.69) is 15.4 Å². The Labute approximate surface area is 260 Å². The van der Waals surface area contributed by atoms with Crippen molar-refractivity contribution in [2.24, 2.45) is 17.6 Å². The van der Waals surface area contributed by atoms with Gasteiger partial charge in [0.1, 0.15) is 0 Å². The fourth-order valence-electron chi connectivity index (χ4n) is 6.61. The highest BCUT2D eigenvalue weighted by Gasteiger charge is 2.41. The summed E-state index contributed by atoms with van der Waals surface area (Å²) in [6.45, 7) is 0.476. The molecule has 0 bridgehead atoms. The lowest BCUT2D eigenvalue weighted by Crippen LogP contribution is -2.31. The number of nitrogens with zero attached hydrogens (tertiary/aromatic N) is 5. The van der Waals surface area contributed by atoms with E-state index in [0.717, 1.165) is 12.8 Å². The lowest BCUT2D eigenvalue weighted by Gasteiger charge is -2.33. The number of hydrogen-bond acceptors (Lipinski definition) is 6. The molecule has 3 aromatic rings. The molecule has 2 atom stereocenters. The number of nitrogens with one attached hydrogen (secondary N) is 1. The quantitative estimate of drug-likeness (QED) is 0.290. The molecular weight excluding hydrogens is 613 g/mol. The Kier molecular flexibility index (Phi) is 8.44. The highest BCUT2D eigenvalue weighted by molar-refractivity contribution is 5.99. The van der Waals surface area contributed by atoms with E-state index in [9.17, 15) is 36.3 Å². The van der Waals surface area contributed by atoms with Crippen molar-refractivity contribution in [2.45, 2.75) is 88.3 Å². The van der Waals surface area contributed by atoms with Crippen molar-refractivity contribution in [3.8, 4) is 0 Å². The molecule has 3 aliphatic rings. The van der Waals surface area contributed by atoms with Crippen molar-refractivity contribution in [1.82, 2.24) is 24.9 Å². The number of nitrogens with two attached hydrogens (primary N) is 1. The minimum Gasteiger partial charge on any atom is -0.366 e. The first-order valence-corrected chi connectivity index (χ1v) is 15.5. The van der Waals surface area contributed by atoms with Crippen molar-refractivity contribution in [3.05, 3.63) is 53.2 Å². The number of carbonyl (C=O) groups excluding carboxylic acids is 3. The third-order valence-electron chi connectivity index (χ3n) is 9.17. The zero-order valence-electron chi connectivity index (χ0n) is 24.9. The molecule has 0 unspecified atom stereocenters. The Hall–Kier alpha value is -4.17. The number of halogens is 5. The maximum atomic E-state index is 14.2. The summed E-state index contributed by atoms with van der Waals surface area (Å²) in [5, 5.41) is 7.17. The van der Waals surface area contributed by atoms with Crippen LogP contribution in [0.1, 0.15) is 103 Å². The Morgan fingerprint density at radius 3 is 2.46 bits per heavy atom. The maximum absolute atomic E-state index is 14.2. The van der Waals surface area contributed by atoms with E-state index < -0.39 is 48.7 Å².